The van der Waals surface area contributed by atoms with Crippen molar-refractivity contribution >= 4 is 5.97 Å². The van der Waals surface area contributed by atoms with E-state index in [-0.39, 0.29) is 12.0 Å². The Morgan fingerprint density at radius 3 is 2.32 bits per heavy atom. The maximum Gasteiger partial charge on any atom is 0.312 e. The standard InChI is InChI=1S/C30H33NO3/c1-21-10-9-15-25(18-21)30(34)17-16-26(24-13-7-4-8-14-24)29(28(32)33)20-31(22(2)27(29)30)19-23-11-5-3-6-12-23/h3-15,18,22,26-27,34H,16-17,19-20H2,1-2H3,(H,32,33). The number of aryl methyl sites for hydroxylation is 1. The average molecular weight is 456 g/mol. The molecular formula is C30H33NO3. The number of fused-ring (bicyclic) bond motifs is 1. The zero-order valence-electron chi connectivity index (χ0n) is 19.9. The van der Waals surface area contributed by atoms with Gasteiger partial charge in [0, 0.05) is 31.0 Å². The van der Waals surface area contributed by atoms with Crippen LogP contribution in [0.2, 0.25) is 0 Å². The minimum Gasteiger partial charge on any atom is -0.481 e. The van der Waals surface area contributed by atoms with Crippen LogP contribution in [0.15, 0.2) is 84.9 Å². The number of carbonyl (C=O) groups is 1. The lowest BCUT2D eigenvalue weighted by atomic mass is 9.52. The van der Waals surface area contributed by atoms with Gasteiger partial charge >= 0.3 is 5.97 Å². The van der Waals surface area contributed by atoms with Crippen LogP contribution >= 0.6 is 0 Å². The molecule has 0 amide bonds. The van der Waals surface area contributed by atoms with Crippen LogP contribution in [0.5, 0.6) is 0 Å². The van der Waals surface area contributed by atoms with E-state index in [0.29, 0.717) is 25.9 Å². The molecule has 5 rings (SSSR count). The van der Waals surface area contributed by atoms with E-state index in [1.165, 1.54) is 0 Å². The van der Waals surface area contributed by atoms with Gasteiger partial charge in [0.1, 0.15) is 0 Å². The predicted molar refractivity (Wildman–Crippen MR) is 133 cm³/mol. The molecular weight excluding hydrogens is 422 g/mol. The number of carboxylic acids is 1. The molecule has 3 aromatic rings. The molecule has 1 aliphatic heterocycles. The van der Waals surface area contributed by atoms with Crippen LogP contribution in [-0.4, -0.2) is 33.7 Å². The smallest absolute Gasteiger partial charge is 0.312 e. The summed E-state index contributed by atoms with van der Waals surface area (Å²) in [6.07, 6.45) is 1.17. The monoisotopic (exact) mass is 455 g/mol. The molecule has 0 radical (unpaired) electrons. The van der Waals surface area contributed by atoms with Crippen molar-refractivity contribution < 1.29 is 15.0 Å². The molecule has 4 heteroatoms. The van der Waals surface area contributed by atoms with Crippen LogP contribution in [0.4, 0.5) is 0 Å². The van der Waals surface area contributed by atoms with Crippen molar-refractivity contribution in [2.75, 3.05) is 6.54 Å². The topological polar surface area (TPSA) is 60.8 Å². The Morgan fingerprint density at radius 2 is 1.68 bits per heavy atom. The first-order chi connectivity index (χ1) is 16.4. The van der Waals surface area contributed by atoms with Gasteiger partial charge in [0.25, 0.3) is 0 Å². The fourth-order valence-corrected chi connectivity index (χ4v) is 6.90. The highest BCUT2D eigenvalue weighted by Gasteiger charge is 2.68. The molecule has 1 aliphatic carbocycles. The van der Waals surface area contributed by atoms with Gasteiger partial charge in [-0.3, -0.25) is 9.69 Å². The quantitative estimate of drug-likeness (QED) is 0.544. The average Bonchev–Trinajstić information content (AvgIpc) is 3.15. The summed E-state index contributed by atoms with van der Waals surface area (Å²) < 4.78 is 0. The van der Waals surface area contributed by atoms with Crippen LogP contribution in [0.25, 0.3) is 0 Å². The molecule has 5 atom stereocenters. The first-order valence-electron chi connectivity index (χ1n) is 12.2. The van der Waals surface area contributed by atoms with E-state index >= 15 is 0 Å². The maximum atomic E-state index is 13.3. The normalized spacial score (nSPS) is 31.2. The van der Waals surface area contributed by atoms with E-state index in [2.05, 4.69) is 24.0 Å². The molecule has 1 heterocycles. The number of likely N-dealkylation sites (tertiary alicyclic amines) is 1. The Bertz CT molecular complexity index is 1160. The van der Waals surface area contributed by atoms with Gasteiger partial charge in [-0.1, -0.05) is 90.5 Å². The lowest BCUT2D eigenvalue weighted by Gasteiger charge is -2.52. The summed E-state index contributed by atoms with van der Waals surface area (Å²) in [5.41, 5.74) is 1.82. The summed E-state index contributed by atoms with van der Waals surface area (Å²) in [4.78, 5) is 15.6. The highest BCUT2D eigenvalue weighted by Crippen LogP contribution is 2.63. The van der Waals surface area contributed by atoms with Gasteiger partial charge in [0.15, 0.2) is 0 Å². The maximum absolute atomic E-state index is 13.3. The SMILES string of the molecule is Cc1cccc(C2(O)CCC(c3ccccc3)C3(C(=O)O)CN(Cc4ccccc4)C(C)C23)c1. The van der Waals surface area contributed by atoms with Crippen molar-refractivity contribution in [2.45, 2.75) is 50.8 Å². The Balaban J connectivity index is 1.66. The Kier molecular flexibility index (Phi) is 5.83. The zero-order valence-corrected chi connectivity index (χ0v) is 19.9. The molecule has 2 aliphatic rings. The number of nitrogens with zero attached hydrogens (tertiary/aromatic N) is 1. The second-order valence-electron chi connectivity index (χ2n) is 10.3. The van der Waals surface area contributed by atoms with Gasteiger partial charge in [-0.2, -0.15) is 0 Å². The number of aliphatic carboxylic acids is 1. The second kappa shape index (κ2) is 8.68. The summed E-state index contributed by atoms with van der Waals surface area (Å²) >= 11 is 0. The minimum atomic E-state index is -1.21. The van der Waals surface area contributed by atoms with Crippen molar-refractivity contribution in [2.24, 2.45) is 11.3 Å². The number of carboxylic acid groups (broad SMARTS) is 1. The Hall–Kier alpha value is -2.95. The first-order valence-corrected chi connectivity index (χ1v) is 12.2. The third kappa shape index (κ3) is 3.57. The van der Waals surface area contributed by atoms with Crippen molar-refractivity contribution in [3.8, 4) is 0 Å². The Morgan fingerprint density at radius 1 is 1.00 bits per heavy atom. The molecule has 2 N–H and O–H groups in total. The van der Waals surface area contributed by atoms with E-state index in [0.717, 1.165) is 22.3 Å². The fraction of sp³-hybridized carbons (Fsp3) is 0.367. The van der Waals surface area contributed by atoms with Crippen molar-refractivity contribution in [1.29, 1.82) is 0 Å². The summed E-state index contributed by atoms with van der Waals surface area (Å²) in [6, 6.07) is 28.1. The van der Waals surface area contributed by atoms with E-state index in [1.54, 1.807) is 0 Å². The summed E-state index contributed by atoms with van der Waals surface area (Å²) in [5.74, 6) is -1.41. The van der Waals surface area contributed by atoms with E-state index in [1.807, 2.05) is 79.7 Å². The van der Waals surface area contributed by atoms with E-state index in [9.17, 15) is 15.0 Å². The third-order valence-electron chi connectivity index (χ3n) is 8.38. The summed E-state index contributed by atoms with van der Waals surface area (Å²) in [6.45, 7) is 5.20. The van der Waals surface area contributed by atoms with Gasteiger partial charge in [0.05, 0.1) is 11.0 Å². The van der Waals surface area contributed by atoms with Crippen molar-refractivity contribution in [3.63, 3.8) is 0 Å². The number of hydrogen-bond donors (Lipinski definition) is 2. The molecule has 1 saturated carbocycles. The predicted octanol–water partition coefficient (Wildman–Crippen LogP) is 5.35. The molecule has 2 fully saturated rings. The molecule has 0 aromatic heterocycles. The molecule has 5 unspecified atom stereocenters. The van der Waals surface area contributed by atoms with Gasteiger partial charge in [-0.25, -0.2) is 0 Å². The highest BCUT2D eigenvalue weighted by atomic mass is 16.4. The highest BCUT2D eigenvalue weighted by molar-refractivity contribution is 5.78. The van der Waals surface area contributed by atoms with E-state index in [4.69, 9.17) is 0 Å². The molecule has 0 spiro atoms. The van der Waals surface area contributed by atoms with Crippen LogP contribution in [0, 0.1) is 18.3 Å². The van der Waals surface area contributed by atoms with Gasteiger partial charge in [-0.15, -0.1) is 0 Å². The van der Waals surface area contributed by atoms with Crippen LogP contribution in [0.3, 0.4) is 0 Å². The number of hydrogen-bond acceptors (Lipinski definition) is 3. The van der Waals surface area contributed by atoms with Gasteiger partial charge in [0.2, 0.25) is 0 Å². The minimum absolute atomic E-state index is 0.103. The first kappa shape index (κ1) is 22.8. The number of rotatable bonds is 5. The second-order valence-corrected chi connectivity index (χ2v) is 10.3. The Labute approximate surface area is 201 Å². The lowest BCUT2D eigenvalue weighted by molar-refractivity contribution is -0.172. The third-order valence-corrected chi connectivity index (χ3v) is 8.38. The molecule has 34 heavy (non-hydrogen) atoms. The summed E-state index contributed by atoms with van der Waals surface area (Å²) in [5, 5.41) is 23.3. The van der Waals surface area contributed by atoms with Crippen LogP contribution < -0.4 is 0 Å². The van der Waals surface area contributed by atoms with Crippen LogP contribution in [-0.2, 0) is 16.9 Å². The van der Waals surface area contributed by atoms with Crippen molar-refractivity contribution in [1.82, 2.24) is 4.90 Å². The van der Waals surface area contributed by atoms with Crippen LogP contribution in [0.1, 0.15) is 47.9 Å². The fourth-order valence-electron chi connectivity index (χ4n) is 6.90. The molecule has 3 aromatic carbocycles. The lowest BCUT2D eigenvalue weighted by Crippen LogP contribution is -2.57. The van der Waals surface area contributed by atoms with Crippen molar-refractivity contribution in [3.05, 3.63) is 107 Å². The van der Waals surface area contributed by atoms with E-state index < -0.39 is 22.9 Å². The molecule has 1 saturated heterocycles. The summed E-state index contributed by atoms with van der Waals surface area (Å²) in [7, 11) is 0. The molecule has 4 nitrogen and oxygen atoms in total. The zero-order chi connectivity index (χ0) is 23.9. The largest absolute Gasteiger partial charge is 0.481 e. The molecule has 176 valence electrons. The number of benzene rings is 3. The number of aliphatic hydroxyl groups is 1. The van der Waals surface area contributed by atoms with Gasteiger partial charge in [-0.05, 0) is 43.4 Å². The van der Waals surface area contributed by atoms with Gasteiger partial charge < -0.3 is 10.2 Å². The molecule has 0 bridgehead atoms.